The third-order valence-electron chi connectivity index (χ3n) is 3.85. The summed E-state index contributed by atoms with van der Waals surface area (Å²) in [6.45, 7) is 9.81. The lowest BCUT2D eigenvalue weighted by Crippen LogP contribution is -2.17. The summed E-state index contributed by atoms with van der Waals surface area (Å²) in [5.41, 5.74) is 4.98. The van der Waals surface area contributed by atoms with E-state index in [1.807, 2.05) is 6.33 Å². The number of benzene rings is 1. The van der Waals surface area contributed by atoms with Crippen molar-refractivity contribution in [2.24, 2.45) is 11.8 Å². The van der Waals surface area contributed by atoms with E-state index in [2.05, 4.69) is 62.0 Å². The molecule has 0 bridgehead atoms. The molecule has 0 radical (unpaired) electrons. The fraction of sp³-hybridized carbons (Fsp3) is 0.533. The molecule has 1 unspecified atom stereocenters. The molecule has 0 amide bonds. The smallest absolute Gasteiger partial charge is 0.0958 e. The lowest BCUT2D eigenvalue weighted by atomic mass is 9.98. The van der Waals surface area contributed by atoms with E-state index in [4.69, 9.17) is 0 Å². The monoisotopic (exact) mass is 262 g/mol. The Kier molecular flexibility index (Phi) is 4.00. The first kappa shape index (κ1) is 13.5. The normalized spacial score (nSPS) is 13.4. The summed E-state index contributed by atoms with van der Waals surface area (Å²) in [6.07, 6.45) is 1.96. The molecule has 0 aliphatic carbocycles. The van der Waals surface area contributed by atoms with Crippen LogP contribution >= 0.6 is 12.6 Å². The number of thiol groups is 1. The first-order valence-corrected chi connectivity index (χ1v) is 7.19. The van der Waals surface area contributed by atoms with Gasteiger partial charge in [0.05, 0.1) is 17.4 Å². The van der Waals surface area contributed by atoms with Gasteiger partial charge in [0.25, 0.3) is 0 Å². The molecule has 3 heteroatoms. The van der Waals surface area contributed by atoms with E-state index in [1.165, 1.54) is 16.6 Å². The standard InChI is InChI=1S/C15H22N2S/c1-10(2)13(8-18)7-17-9-16-14-5-11(3)12(4)6-15(14)17/h5-6,9-10,13,18H,7-8H2,1-4H3. The van der Waals surface area contributed by atoms with Crippen LogP contribution in [0.3, 0.4) is 0 Å². The van der Waals surface area contributed by atoms with Crippen molar-refractivity contribution in [3.63, 3.8) is 0 Å². The van der Waals surface area contributed by atoms with E-state index < -0.39 is 0 Å². The minimum atomic E-state index is 0.590. The fourth-order valence-corrected chi connectivity index (χ4v) is 2.73. The van der Waals surface area contributed by atoms with Crippen LogP contribution in [0.2, 0.25) is 0 Å². The summed E-state index contributed by atoms with van der Waals surface area (Å²) in [5, 5.41) is 0. The predicted octanol–water partition coefficient (Wildman–Crippen LogP) is 3.86. The number of imidazole rings is 1. The van der Waals surface area contributed by atoms with E-state index in [-0.39, 0.29) is 0 Å². The highest BCUT2D eigenvalue weighted by molar-refractivity contribution is 7.80. The topological polar surface area (TPSA) is 17.8 Å². The Labute approximate surface area is 115 Å². The molecule has 1 aromatic carbocycles. The van der Waals surface area contributed by atoms with Crippen molar-refractivity contribution in [3.05, 3.63) is 29.6 Å². The SMILES string of the molecule is Cc1cc2ncn(CC(CS)C(C)C)c2cc1C. The van der Waals surface area contributed by atoms with Crippen LogP contribution in [0, 0.1) is 25.7 Å². The van der Waals surface area contributed by atoms with Crippen LogP contribution in [0.15, 0.2) is 18.5 Å². The zero-order valence-corrected chi connectivity index (χ0v) is 12.5. The maximum absolute atomic E-state index is 4.51. The predicted molar refractivity (Wildman–Crippen MR) is 81.4 cm³/mol. The highest BCUT2D eigenvalue weighted by Crippen LogP contribution is 2.22. The van der Waals surface area contributed by atoms with Gasteiger partial charge in [0.15, 0.2) is 0 Å². The fourth-order valence-electron chi connectivity index (χ4n) is 2.19. The zero-order valence-electron chi connectivity index (χ0n) is 11.6. The Morgan fingerprint density at radius 3 is 2.50 bits per heavy atom. The highest BCUT2D eigenvalue weighted by Gasteiger charge is 2.14. The Balaban J connectivity index is 2.37. The Morgan fingerprint density at radius 1 is 1.22 bits per heavy atom. The van der Waals surface area contributed by atoms with Crippen molar-refractivity contribution in [3.8, 4) is 0 Å². The molecule has 2 rings (SSSR count). The molecule has 0 N–H and O–H groups in total. The molecule has 0 fully saturated rings. The second-order valence-corrected chi connectivity index (χ2v) is 5.87. The Bertz CT molecular complexity index is 543. The van der Waals surface area contributed by atoms with Crippen molar-refractivity contribution in [1.29, 1.82) is 0 Å². The van der Waals surface area contributed by atoms with Crippen molar-refractivity contribution >= 4 is 23.7 Å². The van der Waals surface area contributed by atoms with Crippen LogP contribution < -0.4 is 0 Å². The van der Waals surface area contributed by atoms with Gasteiger partial charge in [-0.2, -0.15) is 12.6 Å². The van der Waals surface area contributed by atoms with Gasteiger partial charge < -0.3 is 4.57 Å². The van der Waals surface area contributed by atoms with Crippen LogP contribution in [0.1, 0.15) is 25.0 Å². The average molecular weight is 262 g/mol. The van der Waals surface area contributed by atoms with Gasteiger partial charge in [-0.15, -0.1) is 0 Å². The molecule has 1 atom stereocenters. The third kappa shape index (κ3) is 2.56. The minimum Gasteiger partial charge on any atom is -0.330 e. The van der Waals surface area contributed by atoms with Gasteiger partial charge in [0.1, 0.15) is 0 Å². The summed E-state index contributed by atoms with van der Waals surface area (Å²) >= 11 is 4.46. The number of aryl methyl sites for hydroxylation is 2. The van der Waals surface area contributed by atoms with E-state index >= 15 is 0 Å². The zero-order chi connectivity index (χ0) is 13.3. The van der Waals surface area contributed by atoms with Crippen LogP contribution in [0.25, 0.3) is 11.0 Å². The number of hydrogen-bond donors (Lipinski definition) is 1. The molecular formula is C15H22N2S. The van der Waals surface area contributed by atoms with Crippen molar-refractivity contribution < 1.29 is 0 Å². The maximum Gasteiger partial charge on any atom is 0.0958 e. The first-order valence-electron chi connectivity index (χ1n) is 6.56. The molecule has 0 aliphatic rings. The summed E-state index contributed by atoms with van der Waals surface area (Å²) in [6, 6.07) is 4.42. The molecule has 0 spiro atoms. The van der Waals surface area contributed by atoms with E-state index in [0.29, 0.717) is 11.8 Å². The molecule has 98 valence electrons. The number of aromatic nitrogens is 2. The molecule has 2 aromatic rings. The Morgan fingerprint density at radius 2 is 1.89 bits per heavy atom. The van der Waals surface area contributed by atoms with Gasteiger partial charge in [-0.05, 0) is 54.7 Å². The average Bonchev–Trinajstić information content (AvgIpc) is 2.69. The van der Waals surface area contributed by atoms with Crippen LogP contribution in [0.4, 0.5) is 0 Å². The second kappa shape index (κ2) is 5.35. The van der Waals surface area contributed by atoms with Gasteiger partial charge in [-0.25, -0.2) is 4.98 Å². The summed E-state index contributed by atoms with van der Waals surface area (Å²) in [5.74, 6) is 2.15. The van der Waals surface area contributed by atoms with Crippen LogP contribution in [-0.2, 0) is 6.54 Å². The Hall–Kier alpha value is -0.960. The molecule has 2 nitrogen and oxygen atoms in total. The highest BCUT2D eigenvalue weighted by atomic mass is 32.1. The molecule has 18 heavy (non-hydrogen) atoms. The minimum absolute atomic E-state index is 0.590. The van der Waals surface area contributed by atoms with Crippen LogP contribution in [0.5, 0.6) is 0 Å². The number of fused-ring (bicyclic) bond motifs is 1. The van der Waals surface area contributed by atoms with Crippen molar-refractivity contribution in [2.75, 3.05) is 5.75 Å². The largest absolute Gasteiger partial charge is 0.330 e. The number of rotatable bonds is 4. The lowest BCUT2D eigenvalue weighted by molar-refractivity contribution is 0.376. The molecule has 1 heterocycles. The quantitative estimate of drug-likeness (QED) is 0.829. The summed E-state index contributed by atoms with van der Waals surface area (Å²) in [7, 11) is 0. The molecule has 0 saturated carbocycles. The van der Waals surface area contributed by atoms with Crippen molar-refractivity contribution in [1.82, 2.24) is 9.55 Å². The maximum atomic E-state index is 4.51. The number of hydrogen-bond acceptors (Lipinski definition) is 2. The molecular weight excluding hydrogens is 240 g/mol. The van der Waals surface area contributed by atoms with E-state index in [1.54, 1.807) is 0 Å². The van der Waals surface area contributed by atoms with Crippen LogP contribution in [-0.4, -0.2) is 15.3 Å². The van der Waals surface area contributed by atoms with Gasteiger partial charge in [0, 0.05) is 6.54 Å². The molecule has 0 saturated heterocycles. The second-order valence-electron chi connectivity index (χ2n) is 5.51. The molecule has 1 aromatic heterocycles. The van der Waals surface area contributed by atoms with E-state index in [9.17, 15) is 0 Å². The van der Waals surface area contributed by atoms with E-state index in [0.717, 1.165) is 17.8 Å². The first-order chi connectivity index (χ1) is 8.52. The number of nitrogens with zero attached hydrogens (tertiary/aromatic N) is 2. The van der Waals surface area contributed by atoms with Gasteiger partial charge in [-0.1, -0.05) is 13.8 Å². The summed E-state index contributed by atoms with van der Waals surface area (Å²) < 4.78 is 2.27. The van der Waals surface area contributed by atoms with Gasteiger partial charge >= 0.3 is 0 Å². The molecule has 0 aliphatic heterocycles. The summed E-state index contributed by atoms with van der Waals surface area (Å²) in [4.78, 5) is 4.51. The van der Waals surface area contributed by atoms with Gasteiger partial charge in [0.2, 0.25) is 0 Å². The van der Waals surface area contributed by atoms with Crippen molar-refractivity contribution in [2.45, 2.75) is 34.2 Å². The van der Waals surface area contributed by atoms with Gasteiger partial charge in [-0.3, -0.25) is 0 Å². The lowest BCUT2D eigenvalue weighted by Gasteiger charge is -2.19. The third-order valence-corrected chi connectivity index (χ3v) is 4.31.